The van der Waals surface area contributed by atoms with Crippen molar-refractivity contribution >= 4 is 27.7 Å². The fraction of sp³-hybridized carbons (Fsp3) is 0.286. The molecule has 1 aromatic heterocycles. The molecule has 1 atom stereocenters. The zero-order valence-corrected chi connectivity index (χ0v) is 13.1. The quantitative estimate of drug-likeness (QED) is 0.845. The normalized spacial score (nSPS) is 12.4. The van der Waals surface area contributed by atoms with Crippen molar-refractivity contribution < 1.29 is 0 Å². The fourth-order valence-electron chi connectivity index (χ4n) is 1.63. The Labute approximate surface area is 126 Å². The predicted molar refractivity (Wildman–Crippen MR) is 82.3 cm³/mol. The number of aromatic nitrogens is 2. The SMILES string of the molecule is CCC(N)Cc1ccc(Sc2ncccn2)cc1Br. The van der Waals surface area contributed by atoms with Crippen molar-refractivity contribution in [1.82, 2.24) is 9.97 Å². The molecule has 1 heterocycles. The van der Waals surface area contributed by atoms with Gasteiger partial charge in [-0.3, -0.25) is 0 Å². The number of nitrogens with two attached hydrogens (primary N) is 1. The highest BCUT2D eigenvalue weighted by molar-refractivity contribution is 9.10. The van der Waals surface area contributed by atoms with E-state index in [2.05, 4.69) is 51.0 Å². The number of hydrogen-bond acceptors (Lipinski definition) is 4. The maximum Gasteiger partial charge on any atom is 0.192 e. The molecule has 0 saturated carbocycles. The summed E-state index contributed by atoms with van der Waals surface area (Å²) < 4.78 is 1.09. The van der Waals surface area contributed by atoms with E-state index in [-0.39, 0.29) is 6.04 Å². The zero-order valence-electron chi connectivity index (χ0n) is 10.7. The van der Waals surface area contributed by atoms with Gasteiger partial charge in [0, 0.05) is 27.8 Å². The highest BCUT2D eigenvalue weighted by Gasteiger charge is 2.07. The molecule has 3 nitrogen and oxygen atoms in total. The van der Waals surface area contributed by atoms with Gasteiger partial charge in [-0.25, -0.2) is 9.97 Å². The number of nitrogens with zero attached hydrogens (tertiary/aromatic N) is 2. The Morgan fingerprint density at radius 1 is 1.32 bits per heavy atom. The van der Waals surface area contributed by atoms with Crippen LogP contribution in [0, 0.1) is 0 Å². The van der Waals surface area contributed by atoms with E-state index in [1.54, 1.807) is 24.2 Å². The summed E-state index contributed by atoms with van der Waals surface area (Å²) in [6.07, 6.45) is 5.38. The molecule has 0 saturated heterocycles. The van der Waals surface area contributed by atoms with Crippen LogP contribution in [0.3, 0.4) is 0 Å². The van der Waals surface area contributed by atoms with Gasteiger partial charge in [0.1, 0.15) is 0 Å². The lowest BCUT2D eigenvalue weighted by molar-refractivity contribution is 0.645. The molecule has 5 heteroatoms. The first-order valence-corrected chi connectivity index (χ1v) is 7.79. The van der Waals surface area contributed by atoms with E-state index in [1.165, 1.54) is 5.56 Å². The lowest BCUT2D eigenvalue weighted by atomic mass is 10.1. The lowest BCUT2D eigenvalue weighted by Crippen LogP contribution is -2.21. The summed E-state index contributed by atoms with van der Waals surface area (Å²) in [5, 5.41) is 0.757. The van der Waals surface area contributed by atoms with E-state index >= 15 is 0 Å². The van der Waals surface area contributed by atoms with Gasteiger partial charge in [-0.1, -0.05) is 28.9 Å². The van der Waals surface area contributed by atoms with Crippen LogP contribution in [0.1, 0.15) is 18.9 Å². The van der Waals surface area contributed by atoms with Crippen LogP contribution in [0.25, 0.3) is 0 Å². The molecule has 0 fully saturated rings. The third-order valence-electron chi connectivity index (χ3n) is 2.78. The van der Waals surface area contributed by atoms with Crippen LogP contribution in [0.5, 0.6) is 0 Å². The summed E-state index contributed by atoms with van der Waals surface area (Å²) in [6.45, 7) is 2.11. The smallest absolute Gasteiger partial charge is 0.192 e. The van der Waals surface area contributed by atoms with Crippen LogP contribution < -0.4 is 5.73 Å². The molecule has 100 valence electrons. The minimum atomic E-state index is 0.215. The highest BCUT2D eigenvalue weighted by Crippen LogP contribution is 2.29. The van der Waals surface area contributed by atoms with Crippen molar-refractivity contribution in [3.63, 3.8) is 0 Å². The van der Waals surface area contributed by atoms with Crippen molar-refractivity contribution in [2.45, 2.75) is 35.9 Å². The van der Waals surface area contributed by atoms with Gasteiger partial charge >= 0.3 is 0 Å². The molecular formula is C14H16BrN3S. The van der Waals surface area contributed by atoms with E-state index in [1.807, 2.05) is 6.07 Å². The van der Waals surface area contributed by atoms with E-state index < -0.39 is 0 Å². The second-order valence-corrected chi connectivity index (χ2v) is 6.15. The van der Waals surface area contributed by atoms with Crippen LogP contribution in [-0.4, -0.2) is 16.0 Å². The number of rotatable bonds is 5. The second kappa shape index (κ2) is 7.03. The molecule has 0 aliphatic rings. The summed E-state index contributed by atoms with van der Waals surface area (Å²) in [4.78, 5) is 9.53. The van der Waals surface area contributed by atoms with Crippen molar-refractivity contribution in [2.75, 3.05) is 0 Å². The maximum absolute atomic E-state index is 5.99. The van der Waals surface area contributed by atoms with Crippen LogP contribution in [0.2, 0.25) is 0 Å². The molecule has 0 radical (unpaired) electrons. The van der Waals surface area contributed by atoms with Gasteiger partial charge in [0.15, 0.2) is 5.16 Å². The first kappa shape index (κ1) is 14.5. The number of benzene rings is 1. The summed E-state index contributed by atoms with van der Waals surface area (Å²) in [5.41, 5.74) is 7.23. The molecular weight excluding hydrogens is 322 g/mol. The summed E-state index contributed by atoms with van der Waals surface area (Å²) in [5.74, 6) is 0. The van der Waals surface area contributed by atoms with Gasteiger partial charge in [0.2, 0.25) is 0 Å². The van der Waals surface area contributed by atoms with Gasteiger partial charge in [0.05, 0.1) is 0 Å². The Hall–Kier alpha value is -0.910. The molecule has 2 aromatic rings. The van der Waals surface area contributed by atoms with Crippen LogP contribution in [-0.2, 0) is 6.42 Å². The van der Waals surface area contributed by atoms with E-state index in [4.69, 9.17) is 5.73 Å². The third kappa shape index (κ3) is 4.30. The Morgan fingerprint density at radius 3 is 2.68 bits per heavy atom. The third-order valence-corrected chi connectivity index (χ3v) is 4.40. The van der Waals surface area contributed by atoms with Crippen molar-refractivity contribution in [1.29, 1.82) is 0 Å². The Morgan fingerprint density at radius 2 is 2.05 bits per heavy atom. The van der Waals surface area contributed by atoms with Gasteiger partial charge in [0.25, 0.3) is 0 Å². The predicted octanol–water partition coefficient (Wildman–Crippen LogP) is 3.67. The van der Waals surface area contributed by atoms with Crippen LogP contribution >= 0.6 is 27.7 Å². The minimum Gasteiger partial charge on any atom is -0.327 e. The average Bonchev–Trinajstić information content (AvgIpc) is 2.43. The topological polar surface area (TPSA) is 51.8 Å². The fourth-order valence-corrected chi connectivity index (χ4v) is 3.07. The van der Waals surface area contributed by atoms with Gasteiger partial charge in [-0.15, -0.1) is 0 Å². The van der Waals surface area contributed by atoms with Gasteiger partial charge in [-0.2, -0.15) is 0 Å². The minimum absolute atomic E-state index is 0.215. The second-order valence-electron chi connectivity index (χ2n) is 4.26. The first-order valence-electron chi connectivity index (χ1n) is 6.18. The van der Waals surface area contributed by atoms with Gasteiger partial charge in [-0.05, 0) is 48.4 Å². The molecule has 1 aromatic carbocycles. The molecule has 0 aliphatic heterocycles. The highest BCUT2D eigenvalue weighted by atomic mass is 79.9. The molecule has 0 bridgehead atoms. The van der Waals surface area contributed by atoms with Crippen molar-refractivity contribution in [2.24, 2.45) is 5.73 Å². The Bertz CT molecular complexity index is 533. The molecule has 0 amide bonds. The molecule has 1 unspecified atom stereocenters. The molecule has 0 spiro atoms. The van der Waals surface area contributed by atoms with E-state index in [0.717, 1.165) is 27.4 Å². The average molecular weight is 338 g/mol. The molecule has 2 rings (SSSR count). The van der Waals surface area contributed by atoms with Gasteiger partial charge < -0.3 is 5.73 Å². The zero-order chi connectivity index (χ0) is 13.7. The standard InChI is InChI=1S/C14H16BrN3S/c1-2-11(16)8-10-4-5-12(9-13(10)15)19-14-17-6-3-7-18-14/h3-7,9,11H,2,8,16H2,1H3. The largest absolute Gasteiger partial charge is 0.327 e. The summed E-state index contributed by atoms with van der Waals surface area (Å²) in [7, 11) is 0. The van der Waals surface area contributed by atoms with E-state index in [9.17, 15) is 0 Å². The molecule has 2 N–H and O–H groups in total. The Balaban J connectivity index is 2.10. The summed E-state index contributed by atoms with van der Waals surface area (Å²) >= 11 is 5.16. The van der Waals surface area contributed by atoms with Crippen molar-refractivity contribution in [3.05, 3.63) is 46.7 Å². The summed E-state index contributed by atoms with van der Waals surface area (Å²) in [6, 6.07) is 8.33. The Kier molecular flexibility index (Phi) is 5.36. The van der Waals surface area contributed by atoms with Crippen LogP contribution in [0.15, 0.2) is 51.2 Å². The number of hydrogen-bond donors (Lipinski definition) is 1. The molecule has 0 aliphatic carbocycles. The van der Waals surface area contributed by atoms with E-state index in [0.29, 0.717) is 0 Å². The number of halogens is 1. The lowest BCUT2D eigenvalue weighted by Gasteiger charge is -2.11. The van der Waals surface area contributed by atoms with Crippen LogP contribution in [0.4, 0.5) is 0 Å². The molecule has 19 heavy (non-hydrogen) atoms. The maximum atomic E-state index is 5.99. The monoisotopic (exact) mass is 337 g/mol. The first-order chi connectivity index (χ1) is 9.19. The van der Waals surface area contributed by atoms with Crippen molar-refractivity contribution in [3.8, 4) is 0 Å².